The van der Waals surface area contributed by atoms with E-state index in [1.807, 2.05) is 48.6 Å². The molecule has 0 fully saturated rings. The summed E-state index contributed by atoms with van der Waals surface area (Å²) in [6, 6.07) is 20.6. The van der Waals surface area contributed by atoms with Gasteiger partial charge in [-0.2, -0.15) is 0 Å². The minimum atomic E-state index is 0.0109. The third kappa shape index (κ3) is 5.21. The van der Waals surface area contributed by atoms with E-state index in [0.717, 1.165) is 67.0 Å². The van der Waals surface area contributed by atoms with Gasteiger partial charge in [0.25, 0.3) is 0 Å². The Bertz CT molecular complexity index is 2040. The second-order valence-electron chi connectivity index (χ2n) is 9.80. The molecule has 2 nitrogen and oxygen atoms in total. The molecule has 0 radical (unpaired) electrons. The van der Waals surface area contributed by atoms with Crippen molar-refractivity contribution in [1.82, 2.24) is 0 Å². The lowest BCUT2D eigenvalue weighted by molar-refractivity contribution is 0.576. The summed E-state index contributed by atoms with van der Waals surface area (Å²) in [4.78, 5) is 0. The zero-order valence-electron chi connectivity index (χ0n) is 23.0. The molecule has 0 aliphatic carbocycles. The predicted molar refractivity (Wildman–Crippen MR) is 173 cm³/mol. The number of benzene rings is 3. The van der Waals surface area contributed by atoms with Crippen LogP contribution in [0.2, 0.25) is 0 Å². The minimum Gasteiger partial charge on any atom is -0.457 e. The van der Waals surface area contributed by atoms with E-state index < -0.39 is 0 Å². The van der Waals surface area contributed by atoms with Crippen LogP contribution in [0.25, 0.3) is 57.7 Å². The van der Waals surface area contributed by atoms with Crippen LogP contribution < -0.4 is 21.1 Å². The van der Waals surface area contributed by atoms with Gasteiger partial charge in [-0.1, -0.05) is 111 Å². The van der Waals surface area contributed by atoms with Crippen LogP contribution in [-0.2, 0) is 0 Å². The molecule has 0 saturated heterocycles. The fourth-order valence-electron chi connectivity index (χ4n) is 5.35. The molecule has 2 heterocycles. The highest BCUT2D eigenvalue weighted by molar-refractivity contribution is 6.09. The van der Waals surface area contributed by atoms with Gasteiger partial charge in [0.2, 0.25) is 0 Å². The first-order valence-electron chi connectivity index (χ1n) is 13.6. The van der Waals surface area contributed by atoms with Gasteiger partial charge in [-0.25, -0.2) is 0 Å². The summed E-state index contributed by atoms with van der Waals surface area (Å²) in [7, 11) is 0. The van der Waals surface area contributed by atoms with Crippen molar-refractivity contribution in [2.75, 3.05) is 0 Å². The van der Waals surface area contributed by atoms with Gasteiger partial charge in [-0.15, -0.1) is 6.58 Å². The second kappa shape index (κ2) is 11.9. The number of furan rings is 2. The molecule has 0 aliphatic heterocycles. The average molecular weight is 523 g/mol. The summed E-state index contributed by atoms with van der Waals surface area (Å²) in [5, 5.41) is 6.27. The van der Waals surface area contributed by atoms with Gasteiger partial charge >= 0.3 is 0 Å². The molecule has 0 unspecified atom stereocenters. The lowest BCUT2D eigenvalue weighted by Gasteiger charge is -2.18. The standard InChI is InChI=1S/C38H34O2/c1-6-9-11-18-28(8-3)38(30-20-14-13-17-26(30)4)29(19-12-10-7-2)23-32-27(5)39-36-25-37-33(24-34(32)36)31-21-15-16-22-35(31)40-37/h6-8,10-18,20-25,29H,1-2,4-5,9,19H2,3H3/b12-10-,18-11-,28-8+,32-23+,38-30?/t29-/m1/s1. The number of allylic oxidation sites excluding steroid dienone is 8. The summed E-state index contributed by atoms with van der Waals surface area (Å²) in [6.45, 7) is 18.5. The van der Waals surface area contributed by atoms with E-state index >= 15 is 0 Å². The first-order chi connectivity index (χ1) is 19.5. The molecule has 40 heavy (non-hydrogen) atoms. The van der Waals surface area contributed by atoms with Gasteiger partial charge in [0.15, 0.2) is 0 Å². The summed E-state index contributed by atoms with van der Waals surface area (Å²) in [6.07, 6.45) is 18.2. The van der Waals surface area contributed by atoms with Crippen LogP contribution in [-0.4, -0.2) is 0 Å². The summed E-state index contributed by atoms with van der Waals surface area (Å²) >= 11 is 0. The van der Waals surface area contributed by atoms with Crippen molar-refractivity contribution in [3.8, 4) is 0 Å². The zero-order chi connectivity index (χ0) is 28.1. The SMILES string of the molecule is C=C/C=C\C[C@H](/C=c1\c(=C)oc2cc3oc4ccccc4c3cc12)C(C(/C=C\CC=C)=C/C)=c1ccccc1=C. The average Bonchev–Trinajstić information content (AvgIpc) is 3.47. The Balaban J connectivity index is 1.82. The van der Waals surface area contributed by atoms with Crippen molar-refractivity contribution in [1.29, 1.82) is 0 Å². The van der Waals surface area contributed by atoms with Gasteiger partial charge in [0.05, 0.1) is 0 Å². The molecule has 5 aromatic rings. The monoisotopic (exact) mass is 522 g/mol. The molecule has 3 aromatic carbocycles. The molecule has 0 aliphatic rings. The highest BCUT2D eigenvalue weighted by atomic mass is 16.3. The maximum absolute atomic E-state index is 6.21. The third-order valence-corrected chi connectivity index (χ3v) is 7.23. The fraction of sp³-hybridized carbons (Fsp3) is 0.105. The molecule has 0 spiro atoms. The second-order valence-corrected chi connectivity index (χ2v) is 9.80. The van der Waals surface area contributed by atoms with Crippen LogP contribution in [0.15, 0.2) is 131 Å². The Hall–Kier alpha value is -4.82. The topological polar surface area (TPSA) is 26.3 Å². The minimum absolute atomic E-state index is 0.0109. The van der Waals surface area contributed by atoms with Crippen LogP contribution in [0.1, 0.15) is 19.8 Å². The van der Waals surface area contributed by atoms with E-state index in [1.54, 1.807) is 0 Å². The van der Waals surface area contributed by atoms with Gasteiger partial charge in [-0.05, 0) is 53.5 Å². The fourth-order valence-corrected chi connectivity index (χ4v) is 5.35. The molecule has 0 amide bonds. The molecule has 198 valence electrons. The Morgan fingerprint density at radius 2 is 1.62 bits per heavy atom. The van der Waals surface area contributed by atoms with Crippen molar-refractivity contribution < 1.29 is 8.83 Å². The van der Waals surface area contributed by atoms with Gasteiger partial charge in [-0.3, -0.25) is 0 Å². The maximum Gasteiger partial charge on any atom is 0.139 e. The van der Waals surface area contributed by atoms with E-state index in [1.165, 1.54) is 5.57 Å². The predicted octanol–water partition coefficient (Wildman–Crippen LogP) is 7.61. The largest absolute Gasteiger partial charge is 0.457 e. The number of para-hydroxylation sites is 1. The van der Waals surface area contributed by atoms with Gasteiger partial charge < -0.3 is 8.83 Å². The molecule has 0 N–H and O–H groups in total. The lowest BCUT2D eigenvalue weighted by Crippen LogP contribution is -2.29. The molecule has 2 aromatic heterocycles. The van der Waals surface area contributed by atoms with Crippen molar-refractivity contribution in [2.45, 2.75) is 19.8 Å². The van der Waals surface area contributed by atoms with Crippen molar-refractivity contribution >= 4 is 57.7 Å². The number of hydrogen-bond donors (Lipinski definition) is 0. The third-order valence-electron chi connectivity index (χ3n) is 7.23. The van der Waals surface area contributed by atoms with E-state index in [9.17, 15) is 0 Å². The van der Waals surface area contributed by atoms with E-state index in [-0.39, 0.29) is 5.92 Å². The van der Waals surface area contributed by atoms with Crippen molar-refractivity contribution in [2.24, 2.45) is 5.92 Å². The molecular weight excluding hydrogens is 488 g/mol. The first kappa shape index (κ1) is 26.8. The summed E-state index contributed by atoms with van der Waals surface area (Å²) in [5.74, 6) is 0.0109. The van der Waals surface area contributed by atoms with Crippen LogP contribution in [0.4, 0.5) is 0 Å². The molecule has 0 bridgehead atoms. The van der Waals surface area contributed by atoms with Gasteiger partial charge in [0.1, 0.15) is 22.2 Å². The number of fused-ring (bicyclic) bond motifs is 4. The summed E-state index contributed by atoms with van der Waals surface area (Å²) < 4.78 is 12.3. The first-order valence-corrected chi connectivity index (χ1v) is 13.6. The Morgan fingerprint density at radius 1 is 0.850 bits per heavy atom. The Kier molecular flexibility index (Phi) is 7.98. The van der Waals surface area contributed by atoms with E-state index in [2.05, 4.69) is 94.0 Å². The highest BCUT2D eigenvalue weighted by Crippen LogP contribution is 2.32. The highest BCUT2D eigenvalue weighted by Gasteiger charge is 2.17. The molecule has 5 rings (SSSR count). The van der Waals surface area contributed by atoms with Crippen LogP contribution in [0.3, 0.4) is 0 Å². The van der Waals surface area contributed by atoms with Crippen molar-refractivity contribution in [3.63, 3.8) is 0 Å². The number of hydrogen-bond acceptors (Lipinski definition) is 2. The van der Waals surface area contributed by atoms with Crippen LogP contribution in [0, 0.1) is 5.92 Å². The van der Waals surface area contributed by atoms with Crippen LogP contribution in [0.5, 0.6) is 0 Å². The maximum atomic E-state index is 6.21. The normalized spacial score (nSPS) is 14.6. The zero-order valence-corrected chi connectivity index (χ0v) is 23.0. The Labute approximate surface area is 234 Å². The Morgan fingerprint density at radius 3 is 2.40 bits per heavy atom. The smallest absolute Gasteiger partial charge is 0.139 e. The van der Waals surface area contributed by atoms with E-state index in [4.69, 9.17) is 8.83 Å². The van der Waals surface area contributed by atoms with E-state index in [0.29, 0.717) is 5.42 Å². The lowest BCUT2D eigenvalue weighted by atomic mass is 9.85. The molecule has 1 atom stereocenters. The quantitative estimate of drug-likeness (QED) is 0.147. The van der Waals surface area contributed by atoms with Crippen molar-refractivity contribution in [3.05, 3.63) is 143 Å². The van der Waals surface area contributed by atoms with Gasteiger partial charge in [0, 0.05) is 33.4 Å². The molecule has 2 heteroatoms. The number of rotatable bonds is 9. The molecule has 0 saturated carbocycles. The summed E-state index contributed by atoms with van der Waals surface area (Å²) in [5.41, 5.74) is 5.42. The molecular formula is C38H34O2. The van der Waals surface area contributed by atoms with Crippen LogP contribution >= 0.6 is 0 Å².